The van der Waals surface area contributed by atoms with Crippen molar-refractivity contribution in [3.63, 3.8) is 0 Å². The normalized spacial score (nSPS) is 22.5. The van der Waals surface area contributed by atoms with Crippen LogP contribution in [0.15, 0.2) is 18.2 Å². The molecule has 9 nitrogen and oxygen atoms in total. The lowest BCUT2D eigenvalue weighted by Crippen LogP contribution is -2.54. The average molecular weight is 447 g/mol. The van der Waals surface area contributed by atoms with Crippen LogP contribution in [0.5, 0.6) is 5.75 Å². The first-order valence-corrected chi connectivity index (χ1v) is 11.4. The fraction of sp³-hybridized carbons (Fsp3) is 0.609. The first kappa shape index (κ1) is 23.8. The van der Waals surface area contributed by atoms with Gasteiger partial charge in [-0.25, -0.2) is 4.79 Å². The Balaban J connectivity index is 1.69. The number of carbonyl (C=O) groups excluding carboxylic acids is 3. The number of amides is 4. The van der Waals surface area contributed by atoms with Crippen molar-refractivity contribution in [2.45, 2.75) is 64.2 Å². The summed E-state index contributed by atoms with van der Waals surface area (Å²) in [5, 5.41) is 8.39. The second kappa shape index (κ2) is 11.2. The number of hydrogen-bond acceptors (Lipinski definition) is 5. The molecule has 0 radical (unpaired) electrons. The maximum absolute atomic E-state index is 13.2. The third-order valence-electron chi connectivity index (χ3n) is 5.79. The molecule has 1 saturated heterocycles. The molecule has 1 fully saturated rings. The Kier molecular flexibility index (Phi) is 8.33. The Hall–Kier alpha value is -2.81. The summed E-state index contributed by atoms with van der Waals surface area (Å²) in [6.45, 7) is 5.51. The number of rotatable bonds is 7. The summed E-state index contributed by atoms with van der Waals surface area (Å²) in [6, 6.07) is 4.59. The Morgan fingerprint density at radius 3 is 2.62 bits per heavy atom. The molecule has 0 spiro atoms. The Morgan fingerprint density at radius 2 is 1.88 bits per heavy atom. The number of ether oxygens (including phenoxy) is 2. The van der Waals surface area contributed by atoms with Crippen LogP contribution >= 0.6 is 0 Å². The third kappa shape index (κ3) is 5.91. The molecule has 176 valence electrons. The van der Waals surface area contributed by atoms with Crippen molar-refractivity contribution in [2.24, 2.45) is 0 Å². The van der Waals surface area contributed by atoms with Gasteiger partial charge in [-0.15, -0.1) is 0 Å². The van der Waals surface area contributed by atoms with Crippen molar-refractivity contribution < 1.29 is 23.9 Å². The molecule has 0 aromatic heterocycles. The number of carbonyl (C=O) groups is 3. The summed E-state index contributed by atoms with van der Waals surface area (Å²) in [4.78, 5) is 39.0. The maximum Gasteiger partial charge on any atom is 0.319 e. The van der Waals surface area contributed by atoms with Gasteiger partial charge in [0.1, 0.15) is 18.5 Å². The Morgan fingerprint density at radius 1 is 1.12 bits per heavy atom. The van der Waals surface area contributed by atoms with Gasteiger partial charge >= 0.3 is 6.03 Å². The number of benzene rings is 1. The molecule has 3 atom stereocenters. The van der Waals surface area contributed by atoms with Gasteiger partial charge in [0.15, 0.2) is 0 Å². The topological polar surface area (TPSA) is 109 Å². The molecule has 32 heavy (non-hydrogen) atoms. The van der Waals surface area contributed by atoms with E-state index in [0.29, 0.717) is 42.9 Å². The lowest BCUT2D eigenvalue weighted by Gasteiger charge is -2.42. The van der Waals surface area contributed by atoms with Crippen LogP contribution < -0.4 is 20.7 Å². The van der Waals surface area contributed by atoms with Gasteiger partial charge in [0.05, 0.1) is 24.1 Å². The highest BCUT2D eigenvalue weighted by molar-refractivity contribution is 5.99. The molecule has 0 aliphatic carbocycles. The fourth-order valence-electron chi connectivity index (χ4n) is 4.06. The van der Waals surface area contributed by atoms with Crippen LogP contribution in [0.2, 0.25) is 0 Å². The molecule has 0 bridgehead atoms. The SMILES string of the molecule is CCCNC(=O)C[C@H]1CC[C@H]2[C@H](COc3ccc(NC(=O)NCCC)cc3C(=O)N2C)O1. The van der Waals surface area contributed by atoms with Crippen LogP contribution in [0, 0.1) is 0 Å². The first-order chi connectivity index (χ1) is 15.4. The van der Waals surface area contributed by atoms with Gasteiger partial charge in [-0.05, 0) is 43.9 Å². The minimum Gasteiger partial charge on any atom is -0.490 e. The third-order valence-corrected chi connectivity index (χ3v) is 5.79. The first-order valence-electron chi connectivity index (χ1n) is 11.4. The van der Waals surface area contributed by atoms with E-state index in [-0.39, 0.29) is 42.7 Å². The minimum atomic E-state index is -0.313. The molecule has 0 saturated carbocycles. The molecular weight excluding hydrogens is 412 g/mol. The van der Waals surface area contributed by atoms with E-state index in [2.05, 4.69) is 16.0 Å². The predicted octanol–water partition coefficient (Wildman–Crippen LogP) is 2.51. The van der Waals surface area contributed by atoms with Crippen molar-refractivity contribution in [2.75, 3.05) is 32.1 Å². The molecular formula is C23H34N4O5. The number of urea groups is 1. The van der Waals surface area contributed by atoms with E-state index >= 15 is 0 Å². The largest absolute Gasteiger partial charge is 0.490 e. The van der Waals surface area contributed by atoms with Crippen molar-refractivity contribution in [3.8, 4) is 5.75 Å². The van der Waals surface area contributed by atoms with Crippen LogP contribution in [-0.2, 0) is 9.53 Å². The zero-order valence-electron chi connectivity index (χ0n) is 19.1. The van der Waals surface area contributed by atoms with Crippen LogP contribution in [0.4, 0.5) is 10.5 Å². The molecule has 9 heteroatoms. The van der Waals surface area contributed by atoms with Crippen molar-refractivity contribution in [1.82, 2.24) is 15.5 Å². The van der Waals surface area contributed by atoms with Gasteiger partial charge < -0.3 is 30.3 Å². The molecule has 3 rings (SSSR count). The highest BCUT2D eigenvalue weighted by atomic mass is 16.5. The number of nitrogens with one attached hydrogen (secondary N) is 3. The van der Waals surface area contributed by atoms with Gasteiger partial charge in [-0.2, -0.15) is 0 Å². The van der Waals surface area contributed by atoms with E-state index in [4.69, 9.17) is 9.47 Å². The van der Waals surface area contributed by atoms with Gasteiger partial charge in [0, 0.05) is 25.8 Å². The van der Waals surface area contributed by atoms with E-state index in [1.54, 1.807) is 30.1 Å². The summed E-state index contributed by atoms with van der Waals surface area (Å²) in [6.07, 6.45) is 2.97. The number of likely N-dealkylation sites (N-methyl/N-ethyl adjacent to an activating group) is 1. The van der Waals surface area contributed by atoms with Crippen molar-refractivity contribution in [3.05, 3.63) is 23.8 Å². The Labute approximate surface area is 189 Å². The van der Waals surface area contributed by atoms with Crippen molar-refractivity contribution >= 4 is 23.5 Å². The predicted molar refractivity (Wildman–Crippen MR) is 121 cm³/mol. The average Bonchev–Trinajstić information content (AvgIpc) is 2.79. The van der Waals surface area contributed by atoms with E-state index < -0.39 is 0 Å². The summed E-state index contributed by atoms with van der Waals surface area (Å²) < 4.78 is 12.1. The fourth-order valence-corrected chi connectivity index (χ4v) is 4.06. The van der Waals surface area contributed by atoms with Crippen LogP contribution in [-0.4, -0.2) is 67.7 Å². The Bertz CT molecular complexity index is 831. The van der Waals surface area contributed by atoms with E-state index in [9.17, 15) is 14.4 Å². The molecule has 1 aromatic carbocycles. The molecule has 3 N–H and O–H groups in total. The summed E-state index contributed by atoms with van der Waals surface area (Å²) >= 11 is 0. The molecule has 2 aliphatic heterocycles. The van der Waals surface area contributed by atoms with Gasteiger partial charge in [-0.1, -0.05) is 13.8 Å². The highest BCUT2D eigenvalue weighted by Gasteiger charge is 2.39. The number of anilines is 1. The smallest absolute Gasteiger partial charge is 0.319 e. The van der Waals surface area contributed by atoms with E-state index in [0.717, 1.165) is 19.3 Å². The van der Waals surface area contributed by atoms with E-state index in [1.165, 1.54) is 0 Å². The van der Waals surface area contributed by atoms with Crippen LogP contribution in [0.25, 0.3) is 0 Å². The second-order valence-electron chi connectivity index (χ2n) is 8.31. The van der Waals surface area contributed by atoms with Crippen LogP contribution in [0.1, 0.15) is 56.3 Å². The standard InChI is InChI=1S/C23H34N4O5/c1-4-10-24-21(28)13-16-7-8-18-20(32-16)14-31-19-9-6-15(26-23(30)25-11-5-2)12-17(19)22(29)27(18)3/h6,9,12,16,18,20H,4-5,7-8,10-11,13-14H2,1-3H3,(H,24,28)(H2,25,26,30)/t16-,18+,20+/m1/s1. The maximum atomic E-state index is 13.2. The molecule has 0 unspecified atom stereocenters. The number of nitrogens with zero attached hydrogens (tertiary/aromatic N) is 1. The second-order valence-corrected chi connectivity index (χ2v) is 8.31. The summed E-state index contributed by atoms with van der Waals surface area (Å²) in [5.74, 6) is 0.251. The lowest BCUT2D eigenvalue weighted by molar-refractivity contribution is -0.134. The quantitative estimate of drug-likeness (QED) is 0.596. The van der Waals surface area contributed by atoms with Gasteiger partial charge in [-0.3, -0.25) is 9.59 Å². The highest BCUT2D eigenvalue weighted by Crippen LogP contribution is 2.32. The molecule has 2 aliphatic rings. The monoisotopic (exact) mass is 446 g/mol. The molecule has 1 aromatic rings. The minimum absolute atomic E-state index is 0.0140. The zero-order valence-corrected chi connectivity index (χ0v) is 19.1. The number of hydrogen-bond donors (Lipinski definition) is 3. The summed E-state index contributed by atoms with van der Waals surface area (Å²) in [7, 11) is 1.76. The van der Waals surface area contributed by atoms with Crippen molar-refractivity contribution in [1.29, 1.82) is 0 Å². The van der Waals surface area contributed by atoms with Gasteiger partial charge in [0.2, 0.25) is 5.91 Å². The molecule has 4 amide bonds. The molecule has 2 heterocycles. The van der Waals surface area contributed by atoms with Gasteiger partial charge in [0.25, 0.3) is 5.91 Å². The lowest BCUT2D eigenvalue weighted by atomic mass is 9.94. The number of fused-ring (bicyclic) bond motifs is 2. The zero-order chi connectivity index (χ0) is 23.1. The van der Waals surface area contributed by atoms with E-state index in [1.807, 2.05) is 13.8 Å². The summed E-state index contributed by atoms with van der Waals surface area (Å²) in [5.41, 5.74) is 0.929. The van der Waals surface area contributed by atoms with Crippen LogP contribution in [0.3, 0.4) is 0 Å².